The van der Waals surface area contributed by atoms with Crippen molar-refractivity contribution in [3.8, 4) is 0 Å². The van der Waals surface area contributed by atoms with Crippen molar-refractivity contribution in [2.45, 2.75) is 19.3 Å². The zero-order chi connectivity index (χ0) is 9.68. The van der Waals surface area contributed by atoms with Crippen molar-refractivity contribution in [3.63, 3.8) is 0 Å². The van der Waals surface area contributed by atoms with Gasteiger partial charge in [-0.3, -0.25) is 4.79 Å². The molecule has 1 aliphatic rings. The lowest BCUT2D eigenvalue weighted by molar-refractivity contribution is -0.146. The Morgan fingerprint density at radius 3 is 2.69 bits per heavy atom. The van der Waals surface area contributed by atoms with E-state index in [1.165, 1.54) is 0 Å². The third-order valence-electron chi connectivity index (χ3n) is 2.04. The molecule has 0 radical (unpaired) electrons. The molecular formula is C10H12O3. The fraction of sp³-hybridized carbons (Fsp3) is 0.400. The van der Waals surface area contributed by atoms with E-state index in [2.05, 4.69) is 12.2 Å². The molecule has 0 aromatic rings. The Labute approximate surface area is 76.8 Å². The predicted octanol–water partition coefficient (Wildman–Crippen LogP) is 1.55. The molecule has 0 bridgehead atoms. The predicted molar refractivity (Wildman–Crippen MR) is 48.3 cm³/mol. The van der Waals surface area contributed by atoms with Gasteiger partial charge in [0.1, 0.15) is 0 Å². The molecule has 1 atom stereocenters. The van der Waals surface area contributed by atoms with Gasteiger partial charge in [-0.15, -0.1) is 0 Å². The van der Waals surface area contributed by atoms with Crippen LogP contribution in [0.1, 0.15) is 19.3 Å². The summed E-state index contributed by atoms with van der Waals surface area (Å²) in [5, 5.41) is 8.30. The van der Waals surface area contributed by atoms with Crippen molar-refractivity contribution in [2.75, 3.05) is 0 Å². The van der Waals surface area contributed by atoms with Gasteiger partial charge in [-0.2, -0.15) is 0 Å². The van der Waals surface area contributed by atoms with E-state index in [-0.39, 0.29) is 0 Å². The summed E-state index contributed by atoms with van der Waals surface area (Å²) in [7, 11) is 0. The molecule has 1 unspecified atom stereocenters. The highest BCUT2D eigenvalue weighted by Gasteiger charge is 2.09. The average molecular weight is 180 g/mol. The minimum atomic E-state index is -1.39. The van der Waals surface area contributed by atoms with E-state index >= 15 is 0 Å². The fourth-order valence-electron chi connectivity index (χ4n) is 1.29. The fourth-order valence-corrected chi connectivity index (χ4v) is 1.29. The molecule has 0 heterocycles. The Hall–Kier alpha value is -1.38. The number of allylic oxidation sites excluding steroid dienone is 3. The molecule has 0 saturated carbocycles. The Bertz CT molecular complexity index is 263. The van der Waals surface area contributed by atoms with E-state index in [0.29, 0.717) is 5.92 Å². The van der Waals surface area contributed by atoms with Crippen LogP contribution in [0.3, 0.4) is 0 Å². The Morgan fingerprint density at radius 2 is 2.15 bits per heavy atom. The number of carboxylic acid groups (broad SMARTS) is 1. The molecule has 3 heteroatoms. The quantitative estimate of drug-likeness (QED) is 0.407. The summed E-state index contributed by atoms with van der Waals surface area (Å²) >= 11 is 0. The molecule has 13 heavy (non-hydrogen) atoms. The van der Waals surface area contributed by atoms with Crippen molar-refractivity contribution in [1.82, 2.24) is 0 Å². The Balaban J connectivity index is 2.43. The number of carbonyl (C=O) groups excluding carboxylic acids is 1. The van der Waals surface area contributed by atoms with E-state index < -0.39 is 11.8 Å². The summed E-state index contributed by atoms with van der Waals surface area (Å²) in [5.74, 6) is -1.90. The number of hydrogen-bond acceptors (Lipinski definition) is 2. The van der Waals surface area contributed by atoms with Crippen LogP contribution in [0.5, 0.6) is 0 Å². The average Bonchev–Trinajstić information content (AvgIpc) is 2.15. The second-order valence-electron chi connectivity index (χ2n) is 3.07. The molecule has 1 rings (SSSR count). The van der Waals surface area contributed by atoms with Crippen molar-refractivity contribution in [2.24, 2.45) is 5.92 Å². The van der Waals surface area contributed by atoms with E-state index in [4.69, 9.17) is 5.11 Å². The van der Waals surface area contributed by atoms with Gasteiger partial charge in [0.15, 0.2) is 0 Å². The van der Waals surface area contributed by atoms with Crippen molar-refractivity contribution in [3.05, 3.63) is 24.3 Å². The van der Waals surface area contributed by atoms with Gasteiger partial charge in [-0.05, 0) is 31.3 Å². The highest BCUT2D eigenvalue weighted by molar-refractivity contribution is 6.37. The van der Waals surface area contributed by atoms with Crippen LogP contribution in [-0.4, -0.2) is 16.9 Å². The molecule has 0 amide bonds. The van der Waals surface area contributed by atoms with Gasteiger partial charge >= 0.3 is 5.97 Å². The molecule has 70 valence electrons. The van der Waals surface area contributed by atoms with Crippen LogP contribution < -0.4 is 0 Å². The van der Waals surface area contributed by atoms with Crippen molar-refractivity contribution >= 4 is 11.8 Å². The van der Waals surface area contributed by atoms with Crippen LogP contribution in [0.15, 0.2) is 24.3 Å². The van der Waals surface area contributed by atoms with Gasteiger partial charge in [-0.1, -0.05) is 18.2 Å². The highest BCUT2D eigenvalue weighted by atomic mass is 16.4. The number of carboxylic acids is 1. The van der Waals surface area contributed by atoms with Crippen LogP contribution in [0, 0.1) is 5.92 Å². The first-order valence-corrected chi connectivity index (χ1v) is 4.30. The summed E-state index contributed by atoms with van der Waals surface area (Å²) in [5.41, 5.74) is 0. The Morgan fingerprint density at radius 1 is 1.38 bits per heavy atom. The Kier molecular flexibility index (Phi) is 3.43. The third-order valence-corrected chi connectivity index (χ3v) is 2.04. The van der Waals surface area contributed by atoms with Gasteiger partial charge in [0.2, 0.25) is 0 Å². The second kappa shape index (κ2) is 4.60. The van der Waals surface area contributed by atoms with Crippen LogP contribution in [0.25, 0.3) is 0 Å². The molecule has 1 N–H and O–H groups in total. The smallest absolute Gasteiger partial charge is 0.376 e. The van der Waals surface area contributed by atoms with Crippen LogP contribution >= 0.6 is 0 Å². The normalized spacial score (nSPS) is 22.0. The first kappa shape index (κ1) is 9.71. The lowest BCUT2D eigenvalue weighted by Gasteiger charge is -2.12. The summed E-state index contributed by atoms with van der Waals surface area (Å²) in [4.78, 5) is 20.8. The van der Waals surface area contributed by atoms with E-state index in [9.17, 15) is 9.59 Å². The number of rotatable bonds is 3. The van der Waals surface area contributed by atoms with Gasteiger partial charge in [0.05, 0.1) is 0 Å². The molecule has 0 aromatic carbocycles. The summed E-state index contributed by atoms with van der Waals surface area (Å²) < 4.78 is 0. The van der Waals surface area contributed by atoms with Crippen molar-refractivity contribution in [1.29, 1.82) is 0 Å². The maximum atomic E-state index is 10.7. The first-order valence-electron chi connectivity index (χ1n) is 4.30. The van der Waals surface area contributed by atoms with Gasteiger partial charge in [-0.25, -0.2) is 4.79 Å². The third kappa shape index (κ3) is 3.23. The monoisotopic (exact) mass is 180 g/mol. The molecule has 0 fully saturated rings. The zero-order valence-corrected chi connectivity index (χ0v) is 7.27. The topological polar surface area (TPSA) is 54.4 Å². The lowest BCUT2D eigenvalue weighted by atomic mass is 9.94. The molecule has 1 aliphatic carbocycles. The second-order valence-corrected chi connectivity index (χ2v) is 3.07. The molecule has 0 saturated heterocycles. The summed E-state index contributed by atoms with van der Waals surface area (Å²) in [6.07, 6.45) is 9.93. The molecular weight excluding hydrogens is 168 g/mol. The SMILES string of the molecule is O=C(O)C(=O)/C=C/C1CC=CCC1. The standard InChI is InChI=1S/C10H12O3/c11-9(10(12)13)7-6-8-4-2-1-3-5-8/h1-2,6-8H,3-5H2,(H,12,13)/b7-6+. The lowest BCUT2D eigenvalue weighted by Crippen LogP contribution is -2.09. The number of aliphatic carboxylic acids is 1. The van der Waals surface area contributed by atoms with E-state index in [1.807, 2.05) is 0 Å². The zero-order valence-electron chi connectivity index (χ0n) is 7.27. The maximum absolute atomic E-state index is 10.7. The first-order chi connectivity index (χ1) is 6.20. The molecule has 0 aromatic heterocycles. The highest BCUT2D eigenvalue weighted by Crippen LogP contribution is 2.18. The van der Waals surface area contributed by atoms with E-state index in [1.54, 1.807) is 6.08 Å². The minimum absolute atomic E-state index is 0.327. The van der Waals surface area contributed by atoms with Crippen molar-refractivity contribution < 1.29 is 14.7 Å². The number of carbonyl (C=O) groups is 2. The van der Waals surface area contributed by atoms with Crippen LogP contribution in [0.4, 0.5) is 0 Å². The van der Waals surface area contributed by atoms with E-state index in [0.717, 1.165) is 25.3 Å². The van der Waals surface area contributed by atoms with Gasteiger partial charge in [0.25, 0.3) is 5.78 Å². The number of hydrogen-bond donors (Lipinski definition) is 1. The molecule has 3 nitrogen and oxygen atoms in total. The summed E-state index contributed by atoms with van der Waals surface area (Å²) in [6, 6.07) is 0. The van der Waals surface area contributed by atoms with Gasteiger partial charge in [0, 0.05) is 0 Å². The van der Waals surface area contributed by atoms with Gasteiger partial charge < -0.3 is 5.11 Å². The number of ketones is 1. The minimum Gasteiger partial charge on any atom is -0.475 e. The largest absolute Gasteiger partial charge is 0.475 e. The van der Waals surface area contributed by atoms with Crippen LogP contribution in [0.2, 0.25) is 0 Å². The molecule has 0 aliphatic heterocycles. The maximum Gasteiger partial charge on any atom is 0.376 e. The van der Waals surface area contributed by atoms with Crippen LogP contribution in [-0.2, 0) is 9.59 Å². The molecule has 0 spiro atoms. The summed E-state index contributed by atoms with van der Waals surface area (Å²) in [6.45, 7) is 0.